The van der Waals surface area contributed by atoms with E-state index in [0.29, 0.717) is 11.5 Å². The first-order chi connectivity index (χ1) is 9.01. The minimum absolute atomic E-state index is 0.0482. The summed E-state index contributed by atoms with van der Waals surface area (Å²) in [5.74, 6) is 5.55. The zero-order valence-electron chi connectivity index (χ0n) is 10.2. The number of rotatable bonds is 4. The Hall–Kier alpha value is -2.19. The predicted octanol–water partition coefficient (Wildman–Crippen LogP) is 0.871. The van der Waals surface area contributed by atoms with Crippen molar-refractivity contribution in [3.8, 4) is 0 Å². The molecule has 2 rings (SSSR count). The summed E-state index contributed by atoms with van der Waals surface area (Å²) in [7, 11) is -3.67. The van der Waals surface area contributed by atoms with Crippen molar-refractivity contribution < 1.29 is 8.42 Å². The predicted molar refractivity (Wildman–Crippen MR) is 71.8 cm³/mol. The number of nitrogens with one attached hydrogen (secondary N) is 2. The van der Waals surface area contributed by atoms with Crippen molar-refractivity contribution in [2.75, 3.05) is 10.1 Å². The van der Waals surface area contributed by atoms with Gasteiger partial charge in [-0.15, -0.1) is 0 Å². The van der Waals surface area contributed by atoms with Crippen LogP contribution in [0.15, 0.2) is 41.6 Å². The lowest BCUT2D eigenvalue weighted by Crippen LogP contribution is -2.14. The molecule has 0 atom stereocenters. The van der Waals surface area contributed by atoms with Crippen molar-refractivity contribution in [2.24, 2.45) is 5.84 Å². The van der Waals surface area contributed by atoms with Crippen LogP contribution >= 0.6 is 0 Å². The van der Waals surface area contributed by atoms with E-state index < -0.39 is 10.0 Å². The van der Waals surface area contributed by atoms with Gasteiger partial charge in [-0.1, -0.05) is 0 Å². The van der Waals surface area contributed by atoms with Gasteiger partial charge < -0.3 is 5.43 Å². The van der Waals surface area contributed by atoms with Crippen LogP contribution in [0, 0.1) is 6.92 Å². The molecule has 0 aliphatic heterocycles. The number of aromatic nitrogens is 2. The first-order valence-corrected chi connectivity index (χ1v) is 6.88. The largest absolute Gasteiger partial charge is 0.308 e. The topological polar surface area (TPSA) is 110 Å². The molecule has 0 saturated heterocycles. The summed E-state index contributed by atoms with van der Waals surface area (Å²) in [5, 5.41) is 0. The monoisotopic (exact) mass is 279 g/mol. The minimum Gasteiger partial charge on any atom is -0.308 e. The van der Waals surface area contributed by atoms with Crippen molar-refractivity contribution >= 4 is 21.5 Å². The first kappa shape index (κ1) is 13.2. The molecule has 0 amide bonds. The molecular weight excluding hydrogens is 266 g/mol. The number of aryl methyl sites for hydroxylation is 1. The van der Waals surface area contributed by atoms with Gasteiger partial charge >= 0.3 is 0 Å². The molecule has 0 fully saturated rings. The molecule has 0 radical (unpaired) electrons. The second kappa shape index (κ2) is 5.21. The van der Waals surface area contributed by atoms with E-state index in [0.717, 1.165) is 5.69 Å². The Bertz CT molecular complexity index is 652. The molecule has 100 valence electrons. The fraction of sp³-hybridized carbons (Fsp3) is 0.0909. The summed E-state index contributed by atoms with van der Waals surface area (Å²) in [4.78, 5) is 7.91. The third-order valence-electron chi connectivity index (χ3n) is 2.36. The lowest BCUT2D eigenvalue weighted by atomic mass is 10.4. The van der Waals surface area contributed by atoms with E-state index in [4.69, 9.17) is 5.84 Å². The van der Waals surface area contributed by atoms with Gasteiger partial charge in [-0.05, 0) is 31.2 Å². The third-order valence-corrected chi connectivity index (χ3v) is 3.72. The molecule has 2 aromatic heterocycles. The third kappa shape index (κ3) is 3.18. The Balaban J connectivity index is 2.24. The zero-order chi connectivity index (χ0) is 13.9. The first-order valence-electron chi connectivity index (χ1n) is 5.39. The van der Waals surface area contributed by atoms with Gasteiger partial charge in [-0.25, -0.2) is 19.2 Å². The maximum absolute atomic E-state index is 12.1. The molecule has 0 aromatic carbocycles. The quantitative estimate of drug-likeness (QED) is 0.566. The number of pyridine rings is 2. The lowest BCUT2D eigenvalue weighted by molar-refractivity contribution is 0.601. The highest BCUT2D eigenvalue weighted by atomic mass is 32.2. The smallest absolute Gasteiger partial charge is 0.263 e. The molecule has 0 unspecified atom stereocenters. The molecule has 8 heteroatoms. The highest BCUT2D eigenvalue weighted by Crippen LogP contribution is 2.15. The van der Waals surface area contributed by atoms with E-state index in [9.17, 15) is 8.42 Å². The highest BCUT2D eigenvalue weighted by Gasteiger charge is 2.14. The van der Waals surface area contributed by atoms with E-state index in [1.54, 1.807) is 12.1 Å². The maximum atomic E-state index is 12.1. The number of nitrogen functional groups attached to an aromatic ring is 1. The number of nitrogens with two attached hydrogens (primary N) is 1. The van der Waals surface area contributed by atoms with Crippen molar-refractivity contribution in [1.82, 2.24) is 9.97 Å². The van der Waals surface area contributed by atoms with Gasteiger partial charge in [0.25, 0.3) is 10.0 Å². The van der Waals surface area contributed by atoms with Gasteiger partial charge in [-0.2, -0.15) is 0 Å². The average Bonchev–Trinajstić information content (AvgIpc) is 2.41. The van der Waals surface area contributed by atoms with E-state index >= 15 is 0 Å². The Labute approximate surface area is 110 Å². The number of nitrogens with zero attached hydrogens (tertiary/aromatic N) is 2. The summed E-state index contributed by atoms with van der Waals surface area (Å²) < 4.78 is 26.5. The van der Waals surface area contributed by atoms with Crippen LogP contribution in [0.4, 0.5) is 11.5 Å². The molecule has 19 heavy (non-hydrogen) atoms. The van der Waals surface area contributed by atoms with Gasteiger partial charge in [0.2, 0.25) is 0 Å². The Morgan fingerprint density at radius 1 is 1.11 bits per heavy atom. The van der Waals surface area contributed by atoms with Crippen molar-refractivity contribution in [3.05, 3.63) is 42.4 Å². The standard InChI is InChI=1S/C11H13N5O2S/c1-8-2-3-9(6-13-8)16-19(17,18)10-4-5-11(15-12)14-7-10/h2-7,16H,12H2,1H3,(H,14,15). The van der Waals surface area contributed by atoms with Crippen LogP contribution in [-0.4, -0.2) is 18.4 Å². The Morgan fingerprint density at radius 3 is 2.42 bits per heavy atom. The second-order valence-corrected chi connectivity index (χ2v) is 5.50. The van der Waals surface area contributed by atoms with Gasteiger partial charge in [0.05, 0.1) is 11.9 Å². The minimum atomic E-state index is -3.67. The fourth-order valence-corrected chi connectivity index (χ4v) is 2.35. The Kier molecular flexibility index (Phi) is 3.63. The van der Waals surface area contributed by atoms with Crippen molar-refractivity contribution in [3.63, 3.8) is 0 Å². The number of hydrazine groups is 1. The average molecular weight is 279 g/mol. The lowest BCUT2D eigenvalue weighted by Gasteiger charge is -2.08. The van der Waals surface area contributed by atoms with Gasteiger partial charge in [-0.3, -0.25) is 9.71 Å². The number of sulfonamides is 1. The van der Waals surface area contributed by atoms with Crippen molar-refractivity contribution in [1.29, 1.82) is 0 Å². The number of hydrogen-bond donors (Lipinski definition) is 3. The molecule has 4 N–H and O–H groups in total. The number of anilines is 2. The fourth-order valence-electron chi connectivity index (χ4n) is 1.37. The molecule has 0 aliphatic carbocycles. The molecule has 0 saturated carbocycles. The van der Waals surface area contributed by atoms with E-state index in [2.05, 4.69) is 20.1 Å². The molecular formula is C11H13N5O2S. The molecule has 7 nitrogen and oxygen atoms in total. The summed E-state index contributed by atoms with van der Waals surface area (Å²) in [6.07, 6.45) is 2.68. The van der Waals surface area contributed by atoms with Gasteiger partial charge in [0, 0.05) is 11.9 Å². The van der Waals surface area contributed by atoms with Crippen LogP contribution in [0.3, 0.4) is 0 Å². The molecule has 0 spiro atoms. The van der Waals surface area contributed by atoms with E-state index in [-0.39, 0.29) is 4.90 Å². The molecule has 0 bridgehead atoms. The van der Waals surface area contributed by atoms with Crippen molar-refractivity contribution in [2.45, 2.75) is 11.8 Å². The molecule has 2 heterocycles. The van der Waals surface area contributed by atoms with E-state index in [1.807, 2.05) is 6.92 Å². The SMILES string of the molecule is Cc1ccc(NS(=O)(=O)c2ccc(NN)nc2)cn1. The van der Waals surface area contributed by atoms with Crippen LogP contribution in [0.5, 0.6) is 0 Å². The molecule has 2 aromatic rings. The number of hydrogen-bond acceptors (Lipinski definition) is 6. The van der Waals surface area contributed by atoms with Gasteiger partial charge in [0.15, 0.2) is 0 Å². The normalized spacial score (nSPS) is 11.1. The highest BCUT2D eigenvalue weighted by molar-refractivity contribution is 7.92. The van der Waals surface area contributed by atoms with Crippen LogP contribution in [0.25, 0.3) is 0 Å². The zero-order valence-corrected chi connectivity index (χ0v) is 11.0. The van der Waals surface area contributed by atoms with E-state index in [1.165, 1.54) is 24.5 Å². The van der Waals surface area contributed by atoms with Crippen LogP contribution in [0.1, 0.15) is 5.69 Å². The van der Waals surface area contributed by atoms with Gasteiger partial charge in [0.1, 0.15) is 10.7 Å². The molecule has 0 aliphatic rings. The Morgan fingerprint density at radius 2 is 1.89 bits per heavy atom. The summed E-state index contributed by atoms with van der Waals surface area (Å²) >= 11 is 0. The van der Waals surface area contributed by atoms with Crippen LogP contribution in [0.2, 0.25) is 0 Å². The van der Waals surface area contributed by atoms with Crippen LogP contribution < -0.4 is 16.0 Å². The summed E-state index contributed by atoms with van der Waals surface area (Å²) in [5.41, 5.74) is 3.53. The maximum Gasteiger partial charge on any atom is 0.263 e. The summed E-state index contributed by atoms with van der Waals surface area (Å²) in [6.45, 7) is 1.82. The van der Waals surface area contributed by atoms with Crippen LogP contribution in [-0.2, 0) is 10.0 Å². The summed E-state index contributed by atoms with van der Waals surface area (Å²) in [6, 6.07) is 6.24. The second-order valence-electron chi connectivity index (χ2n) is 3.82.